The standard InChI is InChI=1S/C18H17F3N2O/c1-22-16(13-8-4-3-5-9-13)17(23-2)24-12-14-10-6-7-11-15(14)18(19,20)21/h3-11,23H,1,12H2,2H3/b17-16-. The number of hydrogen-bond donors (Lipinski definition) is 1. The number of hydrogen-bond acceptors (Lipinski definition) is 3. The van der Waals surface area contributed by atoms with Crippen LogP contribution in [0.3, 0.4) is 0 Å². The molecule has 0 aliphatic rings. The van der Waals surface area contributed by atoms with Crippen molar-refractivity contribution in [2.75, 3.05) is 7.05 Å². The molecular weight excluding hydrogens is 317 g/mol. The molecule has 0 aliphatic carbocycles. The molecule has 0 spiro atoms. The first-order valence-corrected chi connectivity index (χ1v) is 7.19. The summed E-state index contributed by atoms with van der Waals surface area (Å²) in [5, 5.41) is 2.82. The number of nitrogens with one attached hydrogen (secondary N) is 1. The molecule has 2 rings (SSSR count). The van der Waals surface area contributed by atoms with E-state index < -0.39 is 11.7 Å². The van der Waals surface area contributed by atoms with E-state index in [1.54, 1.807) is 13.1 Å². The van der Waals surface area contributed by atoms with Gasteiger partial charge in [0.25, 0.3) is 0 Å². The van der Waals surface area contributed by atoms with E-state index in [4.69, 9.17) is 4.74 Å². The molecule has 0 aliphatic heterocycles. The fourth-order valence-corrected chi connectivity index (χ4v) is 2.22. The van der Waals surface area contributed by atoms with Gasteiger partial charge >= 0.3 is 6.18 Å². The van der Waals surface area contributed by atoms with Gasteiger partial charge in [-0.2, -0.15) is 13.2 Å². The van der Waals surface area contributed by atoms with E-state index in [-0.39, 0.29) is 18.1 Å². The van der Waals surface area contributed by atoms with Gasteiger partial charge in [-0.3, -0.25) is 4.99 Å². The Morgan fingerprint density at radius 3 is 2.29 bits per heavy atom. The first-order chi connectivity index (χ1) is 11.5. The number of halogens is 3. The fourth-order valence-electron chi connectivity index (χ4n) is 2.22. The quantitative estimate of drug-likeness (QED) is 0.625. The van der Waals surface area contributed by atoms with Crippen molar-refractivity contribution in [3.8, 4) is 0 Å². The van der Waals surface area contributed by atoms with Gasteiger partial charge in [0.1, 0.15) is 12.3 Å². The summed E-state index contributed by atoms with van der Waals surface area (Å²) in [6.07, 6.45) is -4.43. The topological polar surface area (TPSA) is 33.6 Å². The highest BCUT2D eigenvalue weighted by Crippen LogP contribution is 2.32. The number of alkyl halides is 3. The van der Waals surface area contributed by atoms with Gasteiger partial charge in [-0.15, -0.1) is 0 Å². The van der Waals surface area contributed by atoms with Crippen LogP contribution in [-0.4, -0.2) is 13.8 Å². The maximum Gasteiger partial charge on any atom is 0.416 e. The number of rotatable bonds is 6. The summed E-state index contributed by atoms with van der Waals surface area (Å²) in [6, 6.07) is 14.4. The van der Waals surface area contributed by atoms with Gasteiger partial charge in [-0.1, -0.05) is 48.5 Å². The van der Waals surface area contributed by atoms with Crippen LogP contribution < -0.4 is 5.32 Å². The third-order valence-corrected chi connectivity index (χ3v) is 3.34. The van der Waals surface area contributed by atoms with Crippen molar-refractivity contribution in [3.05, 3.63) is 77.2 Å². The van der Waals surface area contributed by atoms with Gasteiger partial charge < -0.3 is 10.1 Å². The summed E-state index contributed by atoms with van der Waals surface area (Å²) in [5.41, 5.74) is 0.519. The molecule has 126 valence electrons. The minimum absolute atomic E-state index is 0.0502. The van der Waals surface area contributed by atoms with Crippen molar-refractivity contribution in [1.29, 1.82) is 0 Å². The Balaban J connectivity index is 2.29. The highest BCUT2D eigenvalue weighted by Gasteiger charge is 2.33. The Kier molecular flexibility index (Phi) is 5.63. The average molecular weight is 334 g/mol. The monoisotopic (exact) mass is 334 g/mol. The summed E-state index contributed by atoms with van der Waals surface area (Å²) >= 11 is 0. The minimum Gasteiger partial charge on any atom is -0.473 e. The van der Waals surface area contributed by atoms with Crippen LogP contribution in [0.2, 0.25) is 0 Å². The minimum atomic E-state index is -4.43. The third kappa shape index (κ3) is 4.16. The van der Waals surface area contributed by atoms with Gasteiger partial charge in [-0.05, 0) is 12.8 Å². The van der Waals surface area contributed by atoms with Gasteiger partial charge in [0.2, 0.25) is 5.88 Å². The molecule has 3 nitrogen and oxygen atoms in total. The SMILES string of the molecule is C=N/C(=C(/NC)OCc1ccccc1C(F)(F)F)c1ccccc1. The van der Waals surface area contributed by atoms with Crippen molar-refractivity contribution in [2.24, 2.45) is 4.99 Å². The maximum absolute atomic E-state index is 13.0. The van der Waals surface area contributed by atoms with E-state index in [0.29, 0.717) is 5.70 Å². The van der Waals surface area contributed by atoms with Crippen molar-refractivity contribution >= 4 is 12.4 Å². The summed E-state index contributed by atoms with van der Waals surface area (Å²) in [5.74, 6) is 0.258. The molecule has 24 heavy (non-hydrogen) atoms. The molecule has 2 aromatic rings. The smallest absolute Gasteiger partial charge is 0.416 e. The van der Waals surface area contributed by atoms with Gasteiger partial charge in [0.15, 0.2) is 0 Å². The van der Waals surface area contributed by atoms with E-state index >= 15 is 0 Å². The molecule has 0 saturated heterocycles. The van der Waals surface area contributed by atoms with Crippen LogP contribution in [0.4, 0.5) is 13.2 Å². The normalized spacial score (nSPS) is 12.3. The van der Waals surface area contributed by atoms with E-state index in [1.807, 2.05) is 30.3 Å². The second-order valence-corrected chi connectivity index (χ2v) is 4.90. The van der Waals surface area contributed by atoms with Crippen molar-refractivity contribution in [2.45, 2.75) is 12.8 Å². The van der Waals surface area contributed by atoms with Crippen LogP contribution in [0, 0.1) is 0 Å². The lowest BCUT2D eigenvalue weighted by molar-refractivity contribution is -0.138. The van der Waals surface area contributed by atoms with Crippen LogP contribution in [0.5, 0.6) is 0 Å². The van der Waals surface area contributed by atoms with Crippen LogP contribution in [0.15, 0.2) is 65.5 Å². The molecule has 1 N–H and O–H groups in total. The zero-order chi connectivity index (χ0) is 17.6. The lowest BCUT2D eigenvalue weighted by Crippen LogP contribution is -2.14. The number of ether oxygens (including phenoxy) is 1. The Labute approximate surface area is 138 Å². The Bertz CT molecular complexity index is 725. The molecule has 0 saturated carbocycles. The summed E-state index contributed by atoms with van der Waals surface area (Å²) in [4.78, 5) is 3.93. The molecule has 0 aromatic heterocycles. The summed E-state index contributed by atoms with van der Waals surface area (Å²) < 4.78 is 44.7. The fraction of sp³-hybridized carbons (Fsp3) is 0.167. The van der Waals surface area contributed by atoms with Crippen LogP contribution >= 0.6 is 0 Å². The Hall–Kier alpha value is -2.76. The largest absolute Gasteiger partial charge is 0.473 e. The highest BCUT2D eigenvalue weighted by molar-refractivity contribution is 5.69. The molecule has 0 heterocycles. The van der Waals surface area contributed by atoms with Crippen LogP contribution in [0.1, 0.15) is 16.7 Å². The van der Waals surface area contributed by atoms with Crippen LogP contribution in [0.25, 0.3) is 5.70 Å². The molecule has 0 fully saturated rings. The molecule has 0 unspecified atom stereocenters. The lowest BCUT2D eigenvalue weighted by Gasteiger charge is -2.16. The Morgan fingerprint density at radius 1 is 1.08 bits per heavy atom. The summed E-state index contributed by atoms with van der Waals surface area (Å²) in [6.45, 7) is 3.27. The van der Waals surface area contributed by atoms with E-state index in [0.717, 1.165) is 11.6 Å². The Morgan fingerprint density at radius 2 is 1.71 bits per heavy atom. The second kappa shape index (κ2) is 7.68. The molecule has 0 radical (unpaired) electrons. The van der Waals surface area contributed by atoms with Gasteiger partial charge in [-0.25, -0.2) is 0 Å². The third-order valence-electron chi connectivity index (χ3n) is 3.34. The van der Waals surface area contributed by atoms with Gasteiger partial charge in [0, 0.05) is 18.2 Å². The number of aliphatic imine (C=N–C) groups is 1. The molecule has 2 aromatic carbocycles. The number of benzene rings is 2. The van der Waals surface area contributed by atoms with E-state index in [9.17, 15) is 13.2 Å². The first-order valence-electron chi connectivity index (χ1n) is 7.19. The first kappa shape index (κ1) is 17.6. The molecule has 0 amide bonds. The van der Waals surface area contributed by atoms with Crippen molar-refractivity contribution in [3.63, 3.8) is 0 Å². The van der Waals surface area contributed by atoms with E-state index in [2.05, 4.69) is 17.0 Å². The summed E-state index contributed by atoms with van der Waals surface area (Å²) in [7, 11) is 1.61. The predicted octanol–water partition coefficient (Wildman–Crippen LogP) is 4.47. The maximum atomic E-state index is 13.0. The van der Waals surface area contributed by atoms with Crippen molar-refractivity contribution in [1.82, 2.24) is 5.32 Å². The van der Waals surface area contributed by atoms with Crippen LogP contribution in [-0.2, 0) is 17.5 Å². The average Bonchev–Trinajstić information content (AvgIpc) is 2.59. The predicted molar refractivity (Wildman–Crippen MR) is 88.2 cm³/mol. The molecule has 0 bridgehead atoms. The number of nitrogens with zero attached hydrogens (tertiary/aromatic N) is 1. The highest BCUT2D eigenvalue weighted by atomic mass is 19.4. The zero-order valence-corrected chi connectivity index (χ0v) is 13.1. The van der Waals surface area contributed by atoms with Gasteiger partial charge in [0.05, 0.1) is 5.56 Å². The van der Waals surface area contributed by atoms with E-state index in [1.165, 1.54) is 12.1 Å². The lowest BCUT2D eigenvalue weighted by atomic mass is 10.1. The zero-order valence-electron chi connectivity index (χ0n) is 13.1. The molecular formula is C18H17F3N2O. The molecule has 6 heteroatoms. The molecule has 0 atom stereocenters. The van der Waals surface area contributed by atoms with Crippen molar-refractivity contribution < 1.29 is 17.9 Å². The second-order valence-electron chi connectivity index (χ2n) is 4.90.